The van der Waals surface area contributed by atoms with Crippen molar-refractivity contribution in [2.75, 3.05) is 5.73 Å². The number of fused-ring (bicyclic) bond motifs is 1. The van der Waals surface area contributed by atoms with Gasteiger partial charge in [0.05, 0.1) is 17.8 Å². The molecule has 148 valence electrons. The highest BCUT2D eigenvalue weighted by molar-refractivity contribution is 6.99. The fourth-order valence-corrected chi connectivity index (χ4v) is 8.62. The van der Waals surface area contributed by atoms with Crippen LogP contribution in [-0.4, -0.2) is 18.3 Å². The summed E-state index contributed by atoms with van der Waals surface area (Å²) in [5.74, 6) is 0.797. The molecule has 0 amide bonds. The summed E-state index contributed by atoms with van der Waals surface area (Å²) in [5, 5.41) is 2.45. The van der Waals surface area contributed by atoms with Crippen LogP contribution < -0.4 is 16.1 Å². The van der Waals surface area contributed by atoms with Gasteiger partial charge < -0.3 is 15.1 Å². The molecule has 4 rings (SSSR count). The van der Waals surface area contributed by atoms with Gasteiger partial charge in [-0.1, -0.05) is 87.5 Å². The zero-order valence-corrected chi connectivity index (χ0v) is 18.1. The quantitative estimate of drug-likeness (QED) is 0.389. The Labute approximate surface area is 172 Å². The minimum Gasteiger partial charge on any atom is -0.400 e. The van der Waals surface area contributed by atoms with E-state index in [1.807, 2.05) is 18.2 Å². The zero-order chi connectivity index (χ0) is 20.5. The monoisotopic (exact) mass is 401 g/mol. The van der Waals surface area contributed by atoms with Crippen LogP contribution in [0.3, 0.4) is 0 Å². The minimum absolute atomic E-state index is 0.0687. The lowest BCUT2D eigenvalue weighted by molar-refractivity contribution is 0.278. The van der Waals surface area contributed by atoms with Gasteiger partial charge in [-0.05, 0) is 27.5 Å². The molecule has 0 unspecified atom stereocenters. The first kappa shape index (κ1) is 19.4. The first-order chi connectivity index (χ1) is 13.9. The van der Waals surface area contributed by atoms with Crippen LogP contribution in [0.15, 0.2) is 78.9 Å². The highest BCUT2D eigenvalue weighted by Crippen LogP contribution is 2.37. The van der Waals surface area contributed by atoms with E-state index in [2.05, 4.69) is 86.4 Å². The van der Waals surface area contributed by atoms with Crippen molar-refractivity contribution in [3.63, 3.8) is 0 Å². The number of rotatable bonds is 5. The number of aromatic nitrogens is 2. The maximum Gasteiger partial charge on any atom is 0.261 e. The number of para-hydroxylation sites is 1. The molecule has 3 aromatic carbocycles. The summed E-state index contributed by atoms with van der Waals surface area (Å²) in [7, 11) is -2.59. The number of nitrogens with two attached hydrogens (primary N) is 1. The molecule has 0 saturated heterocycles. The number of nitrogen functional groups attached to an aromatic ring is 1. The second-order valence-corrected chi connectivity index (χ2v) is 12.7. The molecule has 0 aliphatic rings. The van der Waals surface area contributed by atoms with E-state index in [0.717, 1.165) is 16.9 Å². The number of hydrogen-bond donors (Lipinski definition) is 2. The molecular weight excluding hydrogens is 374 g/mol. The van der Waals surface area contributed by atoms with Crippen LogP contribution in [0.25, 0.3) is 11.0 Å². The minimum atomic E-state index is -2.59. The molecule has 4 aromatic rings. The molecule has 0 bridgehead atoms. The molecule has 0 atom stereocenters. The molecule has 0 radical (unpaired) electrons. The highest BCUT2D eigenvalue weighted by atomic mass is 28.4. The van der Waals surface area contributed by atoms with Gasteiger partial charge in [-0.25, -0.2) is 4.98 Å². The van der Waals surface area contributed by atoms with Crippen molar-refractivity contribution in [2.45, 2.75) is 32.4 Å². The Morgan fingerprint density at radius 2 is 1.45 bits per heavy atom. The Balaban J connectivity index is 1.80. The van der Waals surface area contributed by atoms with Crippen LogP contribution in [0.1, 0.15) is 26.6 Å². The van der Waals surface area contributed by atoms with Crippen LogP contribution >= 0.6 is 0 Å². The molecule has 0 aliphatic carbocycles. The van der Waals surface area contributed by atoms with Crippen LogP contribution in [0.5, 0.6) is 0 Å². The summed E-state index contributed by atoms with van der Waals surface area (Å²) in [4.78, 5) is 8.07. The average molecular weight is 402 g/mol. The van der Waals surface area contributed by atoms with Crippen molar-refractivity contribution in [3.05, 3.63) is 84.7 Å². The van der Waals surface area contributed by atoms with Crippen LogP contribution in [0, 0.1) is 0 Å². The third-order valence-electron chi connectivity index (χ3n) is 5.44. The predicted octanol–water partition coefficient (Wildman–Crippen LogP) is 4.22. The molecule has 0 fully saturated rings. The van der Waals surface area contributed by atoms with Gasteiger partial charge >= 0.3 is 0 Å². The summed E-state index contributed by atoms with van der Waals surface area (Å²) >= 11 is 0. The summed E-state index contributed by atoms with van der Waals surface area (Å²) < 4.78 is 6.93. The van der Waals surface area contributed by atoms with Crippen LogP contribution in [0.4, 0.5) is 5.69 Å². The number of imidazole rings is 1. The maximum absolute atomic E-state index is 6.93. The van der Waals surface area contributed by atoms with Crippen molar-refractivity contribution in [3.8, 4) is 0 Å². The van der Waals surface area contributed by atoms with Gasteiger partial charge in [0.25, 0.3) is 8.32 Å². The Morgan fingerprint density at radius 3 is 1.97 bits per heavy atom. The van der Waals surface area contributed by atoms with E-state index in [0.29, 0.717) is 12.3 Å². The van der Waals surface area contributed by atoms with E-state index in [9.17, 15) is 0 Å². The second-order valence-electron chi connectivity index (χ2n) is 8.38. The molecule has 5 heteroatoms. The first-order valence-corrected chi connectivity index (χ1v) is 11.8. The lowest BCUT2D eigenvalue weighted by Crippen LogP contribution is -2.66. The summed E-state index contributed by atoms with van der Waals surface area (Å²) in [6, 6.07) is 27.1. The van der Waals surface area contributed by atoms with E-state index >= 15 is 0 Å². The Morgan fingerprint density at radius 1 is 0.862 bits per heavy atom. The molecule has 4 nitrogen and oxygen atoms in total. The Kier molecular flexibility index (Phi) is 5.02. The summed E-state index contributed by atoms with van der Waals surface area (Å²) in [6.45, 7) is 7.23. The summed E-state index contributed by atoms with van der Waals surface area (Å²) in [6.07, 6.45) is 0. The average Bonchev–Trinajstić information content (AvgIpc) is 3.14. The smallest absolute Gasteiger partial charge is 0.261 e. The van der Waals surface area contributed by atoms with E-state index in [-0.39, 0.29) is 5.04 Å². The number of aromatic amines is 1. The lowest BCUT2D eigenvalue weighted by atomic mass is 10.2. The number of nitrogens with one attached hydrogen (secondary N) is 1. The van der Waals surface area contributed by atoms with E-state index < -0.39 is 8.32 Å². The van der Waals surface area contributed by atoms with Gasteiger partial charge in [-0.2, -0.15) is 0 Å². The van der Waals surface area contributed by atoms with Gasteiger partial charge in [0.1, 0.15) is 11.3 Å². The number of benzene rings is 3. The number of nitrogens with zero attached hydrogens (tertiary/aromatic N) is 1. The third-order valence-corrected chi connectivity index (χ3v) is 10.4. The van der Waals surface area contributed by atoms with Crippen molar-refractivity contribution in [1.82, 2.24) is 9.97 Å². The highest BCUT2D eigenvalue weighted by Gasteiger charge is 2.50. The van der Waals surface area contributed by atoms with E-state index in [1.54, 1.807) is 0 Å². The fraction of sp³-hybridized carbons (Fsp3) is 0.208. The largest absolute Gasteiger partial charge is 0.400 e. The fourth-order valence-electron chi connectivity index (χ4n) is 4.11. The van der Waals surface area contributed by atoms with Gasteiger partial charge in [-0.15, -0.1) is 0 Å². The van der Waals surface area contributed by atoms with Gasteiger partial charge in [-0.3, -0.25) is 0 Å². The first-order valence-electron chi connectivity index (χ1n) is 9.90. The number of hydrogen-bond acceptors (Lipinski definition) is 3. The van der Waals surface area contributed by atoms with Crippen LogP contribution in [0.2, 0.25) is 5.04 Å². The maximum atomic E-state index is 6.93. The van der Waals surface area contributed by atoms with Crippen molar-refractivity contribution in [1.29, 1.82) is 0 Å². The molecule has 0 spiro atoms. The lowest BCUT2D eigenvalue weighted by Gasteiger charge is -2.42. The van der Waals surface area contributed by atoms with E-state index in [1.165, 1.54) is 10.4 Å². The van der Waals surface area contributed by atoms with Crippen molar-refractivity contribution < 1.29 is 4.43 Å². The molecule has 1 aromatic heterocycles. The van der Waals surface area contributed by atoms with Crippen LogP contribution in [-0.2, 0) is 11.0 Å². The zero-order valence-electron chi connectivity index (χ0n) is 17.1. The Bertz CT molecular complexity index is 1060. The normalized spacial score (nSPS) is 12.4. The molecule has 1 heterocycles. The van der Waals surface area contributed by atoms with Gasteiger partial charge in [0.15, 0.2) is 0 Å². The van der Waals surface area contributed by atoms with E-state index in [4.69, 9.17) is 15.1 Å². The topological polar surface area (TPSA) is 63.9 Å². The number of H-pyrrole nitrogens is 1. The SMILES string of the molecule is CC(C)(C)[Si](OCc1nc2c(N)cccc2[nH]1)(c1ccccc1)c1ccccc1. The Hall–Kier alpha value is -2.89. The second kappa shape index (κ2) is 7.50. The van der Waals surface area contributed by atoms with Crippen molar-refractivity contribution >= 4 is 35.4 Å². The van der Waals surface area contributed by atoms with Gasteiger partial charge in [0.2, 0.25) is 0 Å². The standard InChI is InChI=1S/C24H27N3OSi/c1-24(2,3)29(18-11-6-4-7-12-18,19-13-8-5-9-14-19)28-17-22-26-21-16-10-15-20(25)23(21)27-22/h4-16H,17,25H2,1-3H3,(H,26,27). The molecule has 0 saturated carbocycles. The van der Waals surface area contributed by atoms with Crippen molar-refractivity contribution in [2.24, 2.45) is 0 Å². The summed E-state index contributed by atoms with van der Waals surface area (Å²) in [5.41, 5.74) is 8.50. The molecular formula is C24H27N3OSi. The predicted molar refractivity (Wildman–Crippen MR) is 123 cm³/mol. The third kappa shape index (κ3) is 3.48. The molecule has 3 N–H and O–H groups in total. The van der Waals surface area contributed by atoms with Gasteiger partial charge in [0, 0.05) is 0 Å². The molecule has 29 heavy (non-hydrogen) atoms. The molecule has 0 aliphatic heterocycles. The number of anilines is 1.